The van der Waals surface area contributed by atoms with Crippen molar-refractivity contribution in [2.45, 2.75) is 25.9 Å². The van der Waals surface area contributed by atoms with Crippen LogP contribution in [-0.4, -0.2) is 50.8 Å². The third kappa shape index (κ3) is 4.97. The van der Waals surface area contributed by atoms with Gasteiger partial charge < -0.3 is 19.1 Å². The van der Waals surface area contributed by atoms with Crippen molar-refractivity contribution >= 4 is 12.0 Å². The molecule has 27 heavy (non-hydrogen) atoms. The van der Waals surface area contributed by atoms with Crippen molar-refractivity contribution in [2.75, 3.05) is 33.4 Å². The van der Waals surface area contributed by atoms with Crippen molar-refractivity contribution in [3.63, 3.8) is 0 Å². The van der Waals surface area contributed by atoms with Crippen LogP contribution in [0.25, 0.3) is 6.08 Å². The first-order valence-electron chi connectivity index (χ1n) is 9.25. The predicted octanol–water partition coefficient (Wildman–Crippen LogP) is 3.58. The highest BCUT2D eigenvalue weighted by Crippen LogP contribution is 2.34. The minimum Gasteiger partial charge on any atom is -0.493 e. The Labute approximate surface area is 157 Å². The Balaban J connectivity index is 1.62. The van der Waals surface area contributed by atoms with Crippen LogP contribution in [0.15, 0.2) is 24.3 Å². The van der Waals surface area contributed by atoms with Crippen molar-refractivity contribution in [1.29, 1.82) is 0 Å². The summed E-state index contributed by atoms with van der Waals surface area (Å²) in [5.74, 6) is 1.24. The van der Waals surface area contributed by atoms with Gasteiger partial charge in [0.05, 0.1) is 7.11 Å². The monoisotopic (exact) mass is 381 g/mol. The summed E-state index contributed by atoms with van der Waals surface area (Å²) in [6, 6.07) is 4.81. The van der Waals surface area contributed by atoms with Crippen LogP contribution in [0.1, 0.15) is 24.8 Å². The van der Waals surface area contributed by atoms with Gasteiger partial charge in [0.1, 0.15) is 0 Å². The molecule has 2 saturated heterocycles. The van der Waals surface area contributed by atoms with E-state index in [1.807, 2.05) is 0 Å². The molecule has 0 saturated carbocycles. The number of carbonyl (C=O) groups excluding carboxylic acids is 1. The number of likely N-dealkylation sites (tertiary alicyclic amines) is 1. The number of amides is 1. The normalized spacial score (nSPS) is 21.2. The molecule has 5 nitrogen and oxygen atoms in total. The number of nitrogens with zero attached hydrogens (tertiary/aromatic N) is 1. The summed E-state index contributed by atoms with van der Waals surface area (Å²) < 4.78 is 40.5. The highest BCUT2D eigenvalue weighted by Gasteiger charge is 2.30. The van der Waals surface area contributed by atoms with E-state index in [0.29, 0.717) is 30.5 Å². The fraction of sp³-hybridized carbons (Fsp3) is 0.550. The Hall–Kier alpha value is -2.15. The molecule has 148 valence electrons. The second kappa shape index (κ2) is 9.17. The molecule has 0 aliphatic carbocycles. The van der Waals surface area contributed by atoms with E-state index in [-0.39, 0.29) is 17.4 Å². The van der Waals surface area contributed by atoms with Crippen LogP contribution >= 0.6 is 0 Å². The molecule has 1 aromatic carbocycles. The molecule has 0 spiro atoms. The van der Waals surface area contributed by atoms with Gasteiger partial charge in [-0.2, -0.15) is 8.78 Å². The molecule has 1 unspecified atom stereocenters. The molecule has 1 amide bonds. The van der Waals surface area contributed by atoms with Crippen LogP contribution in [0.4, 0.5) is 8.78 Å². The molecule has 2 aliphatic rings. The Morgan fingerprint density at radius 3 is 2.67 bits per heavy atom. The predicted molar refractivity (Wildman–Crippen MR) is 96.9 cm³/mol. The number of halogens is 2. The summed E-state index contributed by atoms with van der Waals surface area (Å²) in [5, 5.41) is 0. The van der Waals surface area contributed by atoms with Crippen LogP contribution in [-0.2, 0) is 9.53 Å². The van der Waals surface area contributed by atoms with E-state index in [1.54, 1.807) is 17.0 Å². The SMILES string of the molecule is COc1cccc(/C=C/C(=O)N2CCC(C3CCOC3)CC2)c1OC(F)F. The molecule has 0 bridgehead atoms. The van der Waals surface area contributed by atoms with E-state index < -0.39 is 6.61 Å². The molecule has 2 aliphatic heterocycles. The number of hydrogen-bond acceptors (Lipinski definition) is 4. The lowest BCUT2D eigenvalue weighted by molar-refractivity contribution is -0.127. The van der Waals surface area contributed by atoms with Crippen molar-refractivity contribution in [3.05, 3.63) is 29.8 Å². The van der Waals surface area contributed by atoms with Gasteiger partial charge in [-0.1, -0.05) is 12.1 Å². The van der Waals surface area contributed by atoms with E-state index in [2.05, 4.69) is 4.74 Å². The lowest BCUT2D eigenvalue weighted by Gasteiger charge is -2.33. The summed E-state index contributed by atoms with van der Waals surface area (Å²) in [5.41, 5.74) is 0.376. The van der Waals surface area contributed by atoms with Gasteiger partial charge in [0.2, 0.25) is 5.91 Å². The van der Waals surface area contributed by atoms with Gasteiger partial charge in [0.15, 0.2) is 11.5 Å². The average molecular weight is 381 g/mol. The van der Waals surface area contributed by atoms with Crippen molar-refractivity contribution < 1.29 is 27.8 Å². The standard InChI is InChI=1S/C20H25F2NO4/c1-25-17-4-2-3-15(19(17)27-20(21)22)5-6-18(24)23-10-7-14(8-11-23)16-9-12-26-13-16/h2-6,14,16,20H,7-13H2,1H3/b6-5+. The molecule has 3 rings (SSSR count). The Morgan fingerprint density at radius 2 is 2.04 bits per heavy atom. The molecule has 1 atom stereocenters. The van der Waals surface area contributed by atoms with E-state index in [9.17, 15) is 13.6 Å². The lowest BCUT2D eigenvalue weighted by Crippen LogP contribution is -2.39. The van der Waals surface area contributed by atoms with Crippen LogP contribution in [0.5, 0.6) is 11.5 Å². The molecular formula is C20H25F2NO4. The summed E-state index contributed by atoms with van der Waals surface area (Å²) in [6.45, 7) is 0.131. The van der Waals surface area contributed by atoms with Gasteiger partial charge >= 0.3 is 6.61 Å². The molecule has 0 radical (unpaired) electrons. The van der Waals surface area contributed by atoms with Crippen molar-refractivity contribution in [2.24, 2.45) is 11.8 Å². The zero-order valence-corrected chi connectivity index (χ0v) is 15.4. The number of rotatable bonds is 6. The van der Waals surface area contributed by atoms with Gasteiger partial charge in [-0.25, -0.2) is 0 Å². The molecule has 0 N–H and O–H groups in total. The maximum Gasteiger partial charge on any atom is 0.387 e. The quantitative estimate of drug-likeness (QED) is 0.707. The van der Waals surface area contributed by atoms with E-state index in [1.165, 1.54) is 25.3 Å². The maximum atomic E-state index is 12.7. The number of alkyl halides is 2. The Morgan fingerprint density at radius 1 is 1.26 bits per heavy atom. The van der Waals surface area contributed by atoms with Crippen LogP contribution in [0.3, 0.4) is 0 Å². The smallest absolute Gasteiger partial charge is 0.387 e. The van der Waals surface area contributed by atoms with Gasteiger partial charge in [0.25, 0.3) is 0 Å². The first kappa shape index (κ1) is 19.6. The highest BCUT2D eigenvalue weighted by molar-refractivity contribution is 5.92. The molecular weight excluding hydrogens is 356 g/mol. The number of benzene rings is 1. The number of ether oxygens (including phenoxy) is 3. The minimum absolute atomic E-state index is 0.0704. The van der Waals surface area contributed by atoms with E-state index >= 15 is 0 Å². The second-order valence-corrected chi connectivity index (χ2v) is 6.88. The topological polar surface area (TPSA) is 48.0 Å². The summed E-state index contributed by atoms with van der Waals surface area (Å²) >= 11 is 0. The minimum atomic E-state index is -2.97. The summed E-state index contributed by atoms with van der Waals surface area (Å²) in [6.07, 6.45) is 5.98. The van der Waals surface area contributed by atoms with Crippen LogP contribution in [0, 0.1) is 11.8 Å². The van der Waals surface area contributed by atoms with Crippen molar-refractivity contribution in [3.8, 4) is 11.5 Å². The molecule has 2 heterocycles. The van der Waals surface area contributed by atoms with Crippen molar-refractivity contribution in [1.82, 2.24) is 4.90 Å². The third-order valence-electron chi connectivity index (χ3n) is 5.32. The van der Waals surface area contributed by atoms with Crippen LogP contribution < -0.4 is 9.47 Å². The summed E-state index contributed by atoms with van der Waals surface area (Å²) in [4.78, 5) is 14.3. The molecule has 1 aromatic rings. The molecule has 0 aromatic heterocycles. The largest absolute Gasteiger partial charge is 0.493 e. The molecule has 2 fully saturated rings. The van der Waals surface area contributed by atoms with Gasteiger partial charge in [-0.15, -0.1) is 0 Å². The maximum absolute atomic E-state index is 12.7. The Bertz CT molecular complexity index is 666. The fourth-order valence-corrected chi connectivity index (χ4v) is 3.82. The van der Waals surface area contributed by atoms with Gasteiger partial charge in [-0.3, -0.25) is 4.79 Å². The summed E-state index contributed by atoms with van der Waals surface area (Å²) in [7, 11) is 1.38. The first-order chi connectivity index (χ1) is 13.1. The van der Waals surface area contributed by atoms with E-state index in [0.717, 1.165) is 32.5 Å². The average Bonchev–Trinajstić information content (AvgIpc) is 3.21. The Kier molecular flexibility index (Phi) is 6.66. The number of piperidine rings is 1. The van der Waals surface area contributed by atoms with Crippen LogP contribution in [0.2, 0.25) is 0 Å². The molecule has 7 heteroatoms. The third-order valence-corrected chi connectivity index (χ3v) is 5.32. The first-order valence-corrected chi connectivity index (χ1v) is 9.25. The zero-order chi connectivity index (χ0) is 19.2. The number of para-hydroxylation sites is 1. The lowest BCUT2D eigenvalue weighted by atomic mass is 9.84. The highest BCUT2D eigenvalue weighted by atomic mass is 19.3. The number of methoxy groups -OCH3 is 1. The van der Waals surface area contributed by atoms with Gasteiger partial charge in [0, 0.05) is 37.9 Å². The number of hydrogen-bond donors (Lipinski definition) is 0. The van der Waals surface area contributed by atoms with Gasteiger partial charge in [-0.05, 0) is 43.2 Å². The second-order valence-electron chi connectivity index (χ2n) is 6.88. The van der Waals surface area contributed by atoms with E-state index in [4.69, 9.17) is 9.47 Å². The fourth-order valence-electron chi connectivity index (χ4n) is 3.82. The number of carbonyl (C=O) groups is 1. The zero-order valence-electron chi connectivity index (χ0n) is 15.4.